The second kappa shape index (κ2) is 4.86. The predicted octanol–water partition coefficient (Wildman–Crippen LogP) is 1.85. The van der Waals surface area contributed by atoms with E-state index in [1.54, 1.807) is 25.2 Å². The van der Waals surface area contributed by atoms with Gasteiger partial charge in [0.05, 0.1) is 19.9 Å². The first-order valence-corrected chi connectivity index (χ1v) is 5.41. The lowest BCUT2D eigenvalue weighted by Crippen LogP contribution is -1.98. The minimum atomic E-state index is 0.679. The molecular weight excluding hydrogens is 218 g/mol. The van der Waals surface area contributed by atoms with E-state index in [9.17, 15) is 0 Å². The van der Waals surface area contributed by atoms with Crippen LogP contribution in [0.1, 0.15) is 12.7 Å². The minimum absolute atomic E-state index is 0.679. The summed E-state index contributed by atoms with van der Waals surface area (Å²) >= 11 is 0. The number of nitrogens with zero attached hydrogens (tertiary/aromatic N) is 3. The van der Waals surface area contributed by atoms with Crippen molar-refractivity contribution in [3.8, 4) is 17.2 Å². The Morgan fingerprint density at radius 3 is 2.53 bits per heavy atom. The molecule has 0 aliphatic rings. The van der Waals surface area contributed by atoms with Crippen molar-refractivity contribution in [3.05, 3.63) is 30.4 Å². The van der Waals surface area contributed by atoms with Gasteiger partial charge in [-0.15, -0.1) is 0 Å². The molecule has 5 heteroatoms. The largest absolute Gasteiger partial charge is 0.493 e. The molecule has 0 saturated carbocycles. The number of methoxy groups -OCH3 is 2. The molecule has 1 heterocycles. The average molecular weight is 233 g/mol. The molecule has 0 fully saturated rings. The van der Waals surface area contributed by atoms with Crippen molar-refractivity contribution < 1.29 is 9.47 Å². The predicted molar refractivity (Wildman–Crippen MR) is 63.8 cm³/mol. The lowest BCUT2D eigenvalue weighted by atomic mass is 10.3. The number of hydrogen-bond acceptors (Lipinski definition) is 4. The highest BCUT2D eigenvalue weighted by Crippen LogP contribution is 2.28. The first kappa shape index (κ1) is 11.4. The third kappa shape index (κ3) is 2.22. The van der Waals surface area contributed by atoms with Crippen LogP contribution < -0.4 is 9.47 Å². The van der Waals surface area contributed by atoms with Crippen molar-refractivity contribution >= 4 is 0 Å². The fraction of sp³-hybridized carbons (Fsp3) is 0.333. The lowest BCUT2D eigenvalue weighted by Gasteiger charge is -2.09. The molecule has 0 spiro atoms. The third-order valence-electron chi connectivity index (χ3n) is 2.49. The molecule has 5 nitrogen and oxygen atoms in total. The molecule has 0 amide bonds. The molecule has 0 N–H and O–H groups in total. The van der Waals surface area contributed by atoms with Crippen LogP contribution in [0.3, 0.4) is 0 Å². The maximum absolute atomic E-state index is 5.24. The van der Waals surface area contributed by atoms with Gasteiger partial charge in [0.25, 0.3) is 0 Å². The van der Waals surface area contributed by atoms with E-state index in [2.05, 4.69) is 10.1 Å². The molecule has 1 aromatic heterocycles. The summed E-state index contributed by atoms with van der Waals surface area (Å²) in [6.07, 6.45) is 2.51. The Kier molecular flexibility index (Phi) is 3.27. The molecule has 2 aromatic rings. The number of aryl methyl sites for hydroxylation is 1. The van der Waals surface area contributed by atoms with Gasteiger partial charge in [-0.3, -0.25) is 0 Å². The van der Waals surface area contributed by atoms with Gasteiger partial charge in [0, 0.05) is 12.5 Å². The van der Waals surface area contributed by atoms with E-state index in [4.69, 9.17) is 9.47 Å². The van der Waals surface area contributed by atoms with E-state index in [1.165, 1.54) is 0 Å². The van der Waals surface area contributed by atoms with Crippen LogP contribution in [0, 0.1) is 0 Å². The zero-order valence-electron chi connectivity index (χ0n) is 10.2. The van der Waals surface area contributed by atoms with Crippen LogP contribution in [0.4, 0.5) is 0 Å². The van der Waals surface area contributed by atoms with Gasteiger partial charge in [-0.05, 0) is 12.1 Å². The molecule has 0 radical (unpaired) electrons. The Balaban J connectivity index is 2.38. The summed E-state index contributed by atoms with van der Waals surface area (Å²) in [6, 6.07) is 5.63. The molecule has 0 aliphatic heterocycles. The van der Waals surface area contributed by atoms with Gasteiger partial charge in [0.15, 0.2) is 17.3 Å². The fourth-order valence-corrected chi connectivity index (χ4v) is 1.55. The van der Waals surface area contributed by atoms with Gasteiger partial charge >= 0.3 is 0 Å². The Labute approximate surface area is 100 Å². The summed E-state index contributed by atoms with van der Waals surface area (Å²) in [5.41, 5.74) is 0.898. The molecule has 90 valence electrons. The number of hydrogen-bond donors (Lipinski definition) is 0. The van der Waals surface area contributed by atoms with Gasteiger partial charge < -0.3 is 9.47 Å². The van der Waals surface area contributed by atoms with Crippen molar-refractivity contribution in [1.29, 1.82) is 0 Å². The maximum Gasteiger partial charge on any atom is 0.162 e. The highest BCUT2D eigenvalue weighted by atomic mass is 16.5. The lowest BCUT2D eigenvalue weighted by molar-refractivity contribution is 0.354. The third-order valence-corrected chi connectivity index (χ3v) is 2.49. The summed E-state index contributed by atoms with van der Waals surface area (Å²) in [5, 5.41) is 4.34. The van der Waals surface area contributed by atoms with Gasteiger partial charge in [-0.25, -0.2) is 9.67 Å². The van der Waals surface area contributed by atoms with E-state index in [1.807, 2.05) is 25.1 Å². The van der Waals surface area contributed by atoms with Gasteiger partial charge in [-0.1, -0.05) is 6.92 Å². The van der Waals surface area contributed by atoms with E-state index < -0.39 is 0 Å². The van der Waals surface area contributed by atoms with Gasteiger partial charge in [-0.2, -0.15) is 5.10 Å². The second-order valence-electron chi connectivity index (χ2n) is 3.50. The molecule has 2 rings (SSSR count). The number of ether oxygens (including phenoxy) is 2. The monoisotopic (exact) mass is 233 g/mol. The smallest absolute Gasteiger partial charge is 0.162 e. The molecule has 0 aliphatic carbocycles. The fourth-order valence-electron chi connectivity index (χ4n) is 1.55. The summed E-state index contributed by atoms with van der Waals surface area (Å²) in [4.78, 5) is 4.19. The van der Waals surface area contributed by atoms with Crippen LogP contribution in [0.5, 0.6) is 11.5 Å². The first-order valence-electron chi connectivity index (χ1n) is 5.41. The number of benzene rings is 1. The highest BCUT2D eigenvalue weighted by Gasteiger charge is 2.07. The zero-order chi connectivity index (χ0) is 12.3. The SMILES string of the molecule is CCc1ncn(-c2ccc(OC)c(OC)c2)n1. The highest BCUT2D eigenvalue weighted by molar-refractivity contribution is 5.48. The Bertz CT molecular complexity index is 508. The molecular formula is C12H15N3O2. The molecule has 0 bridgehead atoms. The van der Waals surface area contributed by atoms with E-state index in [0.29, 0.717) is 11.5 Å². The molecule has 1 aromatic carbocycles. The van der Waals surface area contributed by atoms with Gasteiger partial charge in [0.2, 0.25) is 0 Å². The van der Waals surface area contributed by atoms with Crippen molar-refractivity contribution in [2.24, 2.45) is 0 Å². The second-order valence-corrected chi connectivity index (χ2v) is 3.50. The maximum atomic E-state index is 5.24. The first-order chi connectivity index (χ1) is 8.28. The van der Waals surface area contributed by atoms with Crippen molar-refractivity contribution in [2.75, 3.05) is 14.2 Å². The standard InChI is InChI=1S/C12H15N3O2/c1-4-12-13-8-15(14-12)9-5-6-10(16-2)11(7-9)17-3/h5-8H,4H2,1-3H3. The minimum Gasteiger partial charge on any atom is -0.493 e. The normalized spacial score (nSPS) is 10.3. The van der Waals surface area contributed by atoms with Crippen molar-refractivity contribution in [1.82, 2.24) is 14.8 Å². The van der Waals surface area contributed by atoms with Crippen LogP contribution in [0.15, 0.2) is 24.5 Å². The van der Waals surface area contributed by atoms with Crippen LogP contribution >= 0.6 is 0 Å². The zero-order valence-corrected chi connectivity index (χ0v) is 10.2. The van der Waals surface area contributed by atoms with Crippen molar-refractivity contribution in [3.63, 3.8) is 0 Å². The quantitative estimate of drug-likeness (QED) is 0.808. The number of rotatable bonds is 4. The Morgan fingerprint density at radius 2 is 1.94 bits per heavy atom. The van der Waals surface area contributed by atoms with Crippen LogP contribution in [0.2, 0.25) is 0 Å². The Morgan fingerprint density at radius 1 is 1.18 bits per heavy atom. The van der Waals surface area contributed by atoms with Gasteiger partial charge in [0.1, 0.15) is 6.33 Å². The molecule has 0 saturated heterocycles. The van der Waals surface area contributed by atoms with Crippen LogP contribution in [-0.2, 0) is 6.42 Å². The van der Waals surface area contributed by atoms with E-state index >= 15 is 0 Å². The molecule has 0 unspecified atom stereocenters. The summed E-state index contributed by atoms with van der Waals surface area (Å²) in [5.74, 6) is 2.20. The topological polar surface area (TPSA) is 49.2 Å². The Hall–Kier alpha value is -2.04. The summed E-state index contributed by atoms with van der Waals surface area (Å²) in [6.45, 7) is 2.02. The van der Waals surface area contributed by atoms with Crippen LogP contribution in [-0.4, -0.2) is 29.0 Å². The average Bonchev–Trinajstić information content (AvgIpc) is 2.86. The summed E-state index contributed by atoms with van der Waals surface area (Å²) in [7, 11) is 3.22. The number of aromatic nitrogens is 3. The van der Waals surface area contributed by atoms with Crippen molar-refractivity contribution in [2.45, 2.75) is 13.3 Å². The molecule has 17 heavy (non-hydrogen) atoms. The van der Waals surface area contributed by atoms with Crippen LogP contribution in [0.25, 0.3) is 5.69 Å². The summed E-state index contributed by atoms with van der Waals surface area (Å²) < 4.78 is 12.2. The van der Waals surface area contributed by atoms with E-state index in [-0.39, 0.29) is 0 Å². The van der Waals surface area contributed by atoms with E-state index in [0.717, 1.165) is 17.9 Å². The molecule has 0 atom stereocenters.